The summed E-state index contributed by atoms with van der Waals surface area (Å²) in [6.45, 7) is 18.4. The van der Waals surface area contributed by atoms with E-state index in [0.717, 1.165) is 58.4 Å². The Balaban J connectivity index is 2.46. The van der Waals surface area contributed by atoms with Gasteiger partial charge < -0.3 is 20.5 Å². The molecule has 0 aliphatic carbocycles. The van der Waals surface area contributed by atoms with Crippen molar-refractivity contribution in [1.82, 2.24) is 20.4 Å². The van der Waals surface area contributed by atoms with Gasteiger partial charge in [-0.15, -0.1) is 0 Å². The minimum atomic E-state index is -0.840. The van der Waals surface area contributed by atoms with Crippen LogP contribution in [0.15, 0.2) is 4.99 Å². The van der Waals surface area contributed by atoms with Gasteiger partial charge in [0.05, 0.1) is 25.4 Å². The van der Waals surface area contributed by atoms with Crippen LogP contribution >= 0.6 is 0 Å². The van der Waals surface area contributed by atoms with Gasteiger partial charge >= 0.3 is 0 Å². The fourth-order valence-corrected chi connectivity index (χ4v) is 2.98. The number of morpholine rings is 1. The number of nitrogens with zero attached hydrogens (tertiary/aromatic N) is 3. The third kappa shape index (κ3) is 9.39. The zero-order valence-corrected chi connectivity index (χ0v) is 16.8. The number of hydrogen-bond donors (Lipinski definition) is 3. The second-order valence-electron chi connectivity index (χ2n) is 7.23. The second kappa shape index (κ2) is 11.7. The van der Waals surface area contributed by atoms with Crippen molar-refractivity contribution in [2.45, 2.75) is 46.3 Å². The Labute approximate surface area is 153 Å². The van der Waals surface area contributed by atoms with Crippen LogP contribution in [-0.4, -0.2) is 98.1 Å². The minimum absolute atomic E-state index is 0.376. The largest absolute Gasteiger partial charge is 0.387 e. The summed E-state index contributed by atoms with van der Waals surface area (Å²) in [4.78, 5) is 9.23. The van der Waals surface area contributed by atoms with Crippen LogP contribution in [0.3, 0.4) is 0 Å². The topological polar surface area (TPSA) is 72.4 Å². The quantitative estimate of drug-likeness (QED) is 0.387. The fourth-order valence-electron chi connectivity index (χ4n) is 2.98. The number of guanidine groups is 1. The molecule has 1 heterocycles. The summed E-state index contributed by atoms with van der Waals surface area (Å²) in [6.07, 6.45) is 0. The van der Waals surface area contributed by atoms with Crippen molar-refractivity contribution in [3.63, 3.8) is 0 Å². The maximum absolute atomic E-state index is 10.7. The Kier molecular flexibility index (Phi) is 10.3. The Morgan fingerprint density at radius 2 is 1.96 bits per heavy atom. The number of β-amino-alcohol motifs (C(OH)–C–C–N with tert-alkyl or cyclic N) is 1. The lowest BCUT2D eigenvalue weighted by Gasteiger charge is -2.33. The van der Waals surface area contributed by atoms with Gasteiger partial charge in [-0.1, -0.05) is 6.92 Å². The molecule has 0 bridgehead atoms. The molecule has 1 rings (SSSR count). The molecule has 0 aromatic carbocycles. The molecule has 0 aromatic heterocycles. The van der Waals surface area contributed by atoms with Crippen LogP contribution in [0.1, 0.15) is 34.6 Å². The first kappa shape index (κ1) is 22.2. The van der Waals surface area contributed by atoms with Gasteiger partial charge in [-0.25, -0.2) is 0 Å². The van der Waals surface area contributed by atoms with E-state index in [1.54, 1.807) is 0 Å². The third-order valence-electron chi connectivity index (χ3n) is 4.42. The predicted molar refractivity (Wildman–Crippen MR) is 104 cm³/mol. The van der Waals surface area contributed by atoms with Crippen LogP contribution in [0, 0.1) is 0 Å². The molecule has 1 aliphatic heterocycles. The second-order valence-corrected chi connectivity index (χ2v) is 7.23. The maximum Gasteiger partial charge on any atom is 0.191 e. The smallest absolute Gasteiger partial charge is 0.191 e. The van der Waals surface area contributed by atoms with Crippen LogP contribution in [0.25, 0.3) is 0 Å². The zero-order chi connectivity index (χ0) is 18.7. The molecule has 0 aromatic rings. The Bertz CT molecular complexity index is 382. The van der Waals surface area contributed by atoms with Gasteiger partial charge in [-0.05, 0) is 34.2 Å². The van der Waals surface area contributed by atoms with Crippen molar-refractivity contribution >= 4 is 5.96 Å². The van der Waals surface area contributed by atoms with Crippen LogP contribution in [0.5, 0.6) is 0 Å². The summed E-state index contributed by atoms with van der Waals surface area (Å²) in [5.41, 5.74) is -0.840. The molecular formula is C18H39N5O2. The molecule has 0 spiro atoms. The molecule has 7 heteroatoms. The van der Waals surface area contributed by atoms with Crippen LogP contribution in [0.4, 0.5) is 0 Å². The van der Waals surface area contributed by atoms with Crippen molar-refractivity contribution in [2.24, 2.45) is 4.99 Å². The summed E-state index contributed by atoms with van der Waals surface area (Å²) >= 11 is 0. The van der Waals surface area contributed by atoms with E-state index in [9.17, 15) is 5.11 Å². The van der Waals surface area contributed by atoms with E-state index in [1.807, 2.05) is 6.92 Å². The Morgan fingerprint density at radius 3 is 2.52 bits per heavy atom. The summed E-state index contributed by atoms with van der Waals surface area (Å²) in [7, 11) is 0. The summed E-state index contributed by atoms with van der Waals surface area (Å²) < 4.78 is 5.36. The Morgan fingerprint density at radius 1 is 1.28 bits per heavy atom. The minimum Gasteiger partial charge on any atom is -0.387 e. The van der Waals surface area contributed by atoms with Gasteiger partial charge in [-0.3, -0.25) is 14.8 Å². The van der Waals surface area contributed by atoms with E-state index in [1.165, 1.54) is 0 Å². The fraction of sp³-hybridized carbons (Fsp3) is 0.944. The van der Waals surface area contributed by atoms with E-state index in [4.69, 9.17) is 4.74 Å². The highest BCUT2D eigenvalue weighted by atomic mass is 16.5. The van der Waals surface area contributed by atoms with E-state index >= 15 is 0 Å². The first-order chi connectivity index (χ1) is 11.9. The standard InChI is InChI=1S/C18H39N5O2/c1-6-19-17(20-8-9-23(7-2)16(3)4)21-14-18(5,24)15-22-10-12-25-13-11-22/h16,24H,6-15H2,1-5H3,(H2,19,20,21). The van der Waals surface area contributed by atoms with Gasteiger partial charge in [0.25, 0.3) is 0 Å². The van der Waals surface area contributed by atoms with E-state index in [0.29, 0.717) is 19.1 Å². The zero-order valence-electron chi connectivity index (χ0n) is 16.8. The SMILES string of the molecule is CCNC(=NCC(C)(O)CN1CCOCC1)NCCN(CC)C(C)C. The molecule has 1 saturated heterocycles. The van der Waals surface area contributed by atoms with E-state index in [2.05, 4.69) is 53.1 Å². The first-order valence-corrected chi connectivity index (χ1v) is 9.66. The molecule has 7 nitrogen and oxygen atoms in total. The highest BCUT2D eigenvalue weighted by molar-refractivity contribution is 5.79. The normalized spacial score (nSPS) is 19.3. The van der Waals surface area contributed by atoms with Crippen molar-refractivity contribution in [2.75, 3.05) is 65.6 Å². The highest BCUT2D eigenvalue weighted by Gasteiger charge is 2.25. The van der Waals surface area contributed by atoms with Crippen LogP contribution in [0.2, 0.25) is 0 Å². The average Bonchev–Trinajstić information content (AvgIpc) is 2.56. The molecule has 3 N–H and O–H groups in total. The van der Waals surface area contributed by atoms with Gasteiger partial charge in [0.2, 0.25) is 0 Å². The first-order valence-electron chi connectivity index (χ1n) is 9.66. The van der Waals surface area contributed by atoms with E-state index in [-0.39, 0.29) is 0 Å². The van der Waals surface area contributed by atoms with E-state index < -0.39 is 5.60 Å². The maximum atomic E-state index is 10.7. The van der Waals surface area contributed by atoms with Gasteiger partial charge in [0.1, 0.15) is 0 Å². The number of aliphatic imine (C=N–C) groups is 1. The molecule has 148 valence electrons. The molecule has 0 amide bonds. The molecule has 1 fully saturated rings. The predicted octanol–water partition coefficient (Wildman–Crippen LogP) is 0.355. The lowest BCUT2D eigenvalue weighted by molar-refractivity contribution is -0.0179. The van der Waals surface area contributed by atoms with Gasteiger partial charge in [0.15, 0.2) is 5.96 Å². The third-order valence-corrected chi connectivity index (χ3v) is 4.42. The number of rotatable bonds is 10. The lowest BCUT2D eigenvalue weighted by atomic mass is 10.1. The molecular weight excluding hydrogens is 318 g/mol. The van der Waals surface area contributed by atoms with Gasteiger partial charge in [-0.2, -0.15) is 0 Å². The van der Waals surface area contributed by atoms with Crippen molar-refractivity contribution in [1.29, 1.82) is 0 Å². The number of aliphatic hydroxyl groups is 1. The van der Waals surface area contributed by atoms with Crippen LogP contribution in [-0.2, 0) is 4.74 Å². The summed E-state index contributed by atoms with van der Waals surface area (Å²) in [6, 6.07) is 0.542. The number of likely N-dealkylation sites (N-methyl/N-ethyl adjacent to an activating group) is 1. The Hall–Kier alpha value is -0.890. The monoisotopic (exact) mass is 357 g/mol. The van der Waals surface area contributed by atoms with Crippen molar-refractivity contribution in [3.05, 3.63) is 0 Å². The van der Waals surface area contributed by atoms with Crippen molar-refractivity contribution in [3.8, 4) is 0 Å². The lowest BCUT2D eigenvalue weighted by Crippen LogP contribution is -2.48. The average molecular weight is 358 g/mol. The van der Waals surface area contributed by atoms with Crippen LogP contribution < -0.4 is 10.6 Å². The molecule has 1 atom stereocenters. The molecule has 0 radical (unpaired) electrons. The van der Waals surface area contributed by atoms with Crippen molar-refractivity contribution < 1.29 is 9.84 Å². The highest BCUT2D eigenvalue weighted by Crippen LogP contribution is 2.09. The number of nitrogens with one attached hydrogen (secondary N) is 2. The molecule has 25 heavy (non-hydrogen) atoms. The molecule has 1 unspecified atom stereocenters. The molecule has 1 aliphatic rings. The molecule has 0 saturated carbocycles. The number of hydrogen-bond acceptors (Lipinski definition) is 5. The summed E-state index contributed by atoms with van der Waals surface area (Å²) in [5.74, 6) is 0.768. The number of ether oxygens (including phenoxy) is 1. The summed E-state index contributed by atoms with van der Waals surface area (Å²) in [5, 5.41) is 17.3. The van der Waals surface area contributed by atoms with Gasteiger partial charge in [0, 0.05) is 45.3 Å².